The summed E-state index contributed by atoms with van der Waals surface area (Å²) in [5.41, 5.74) is 0.468. The topological polar surface area (TPSA) is 50.7 Å². The molecular weight excluding hydrogens is 325 g/mol. The van der Waals surface area contributed by atoms with Crippen LogP contribution in [0, 0.1) is 0 Å². The van der Waals surface area contributed by atoms with E-state index in [0.29, 0.717) is 17.2 Å². The Morgan fingerprint density at radius 3 is 2.65 bits per heavy atom. The number of aromatic nitrogens is 3. The number of hydrogen-bond donors (Lipinski definition) is 1. The second kappa shape index (κ2) is 6.33. The Morgan fingerprint density at radius 1 is 1.04 bits per heavy atom. The molecule has 0 saturated heterocycles. The van der Waals surface area contributed by atoms with Gasteiger partial charge in [-0.05, 0) is 30.3 Å². The van der Waals surface area contributed by atoms with Crippen molar-refractivity contribution in [1.29, 1.82) is 0 Å². The molecule has 0 fully saturated rings. The Balaban J connectivity index is 1.72. The zero-order chi connectivity index (χ0) is 16.3. The Labute approximate surface area is 134 Å². The average Bonchev–Trinajstić information content (AvgIpc) is 2.95. The standard InChI is InChI=1S/C15H11F3N4S/c16-15(17,18)10-4-3-6-12(8-10)20-14-22-21-13(23-14)9-11-5-1-2-7-19-11/h1-8H,9H2,(H,20,22). The van der Waals surface area contributed by atoms with Crippen molar-refractivity contribution in [2.45, 2.75) is 12.6 Å². The Hall–Kier alpha value is -2.48. The van der Waals surface area contributed by atoms with Crippen molar-refractivity contribution in [3.63, 3.8) is 0 Å². The van der Waals surface area contributed by atoms with Gasteiger partial charge in [-0.2, -0.15) is 13.2 Å². The van der Waals surface area contributed by atoms with Crippen molar-refractivity contribution in [1.82, 2.24) is 15.2 Å². The van der Waals surface area contributed by atoms with Gasteiger partial charge in [0.25, 0.3) is 0 Å². The molecule has 0 saturated carbocycles. The highest BCUT2D eigenvalue weighted by molar-refractivity contribution is 7.15. The molecular formula is C15H11F3N4S. The van der Waals surface area contributed by atoms with Crippen molar-refractivity contribution >= 4 is 22.2 Å². The van der Waals surface area contributed by atoms with Crippen LogP contribution in [0.2, 0.25) is 0 Å². The molecule has 0 bridgehead atoms. The number of halogens is 3. The first kappa shape index (κ1) is 15.4. The first-order chi connectivity index (χ1) is 11.0. The SMILES string of the molecule is FC(F)(F)c1cccc(Nc2nnc(Cc3ccccn3)s2)c1. The molecule has 118 valence electrons. The molecule has 8 heteroatoms. The summed E-state index contributed by atoms with van der Waals surface area (Å²) in [5, 5.41) is 12.0. The summed E-state index contributed by atoms with van der Waals surface area (Å²) >= 11 is 1.28. The predicted molar refractivity (Wildman–Crippen MR) is 81.7 cm³/mol. The molecule has 1 aromatic carbocycles. The van der Waals surface area contributed by atoms with Crippen LogP contribution in [0.5, 0.6) is 0 Å². The van der Waals surface area contributed by atoms with Crippen molar-refractivity contribution in [2.75, 3.05) is 5.32 Å². The molecule has 0 unspecified atom stereocenters. The third-order valence-corrected chi connectivity index (χ3v) is 3.81. The van der Waals surface area contributed by atoms with E-state index in [0.717, 1.165) is 22.8 Å². The Morgan fingerprint density at radius 2 is 1.91 bits per heavy atom. The van der Waals surface area contributed by atoms with Crippen LogP contribution in [0.4, 0.5) is 24.0 Å². The minimum Gasteiger partial charge on any atom is -0.330 e. The van der Waals surface area contributed by atoms with Crippen LogP contribution in [0.25, 0.3) is 0 Å². The fraction of sp³-hybridized carbons (Fsp3) is 0.133. The van der Waals surface area contributed by atoms with Gasteiger partial charge in [0.2, 0.25) is 5.13 Å². The summed E-state index contributed by atoms with van der Waals surface area (Å²) in [7, 11) is 0. The summed E-state index contributed by atoms with van der Waals surface area (Å²) in [6.45, 7) is 0. The first-order valence-electron chi connectivity index (χ1n) is 6.67. The Kier molecular flexibility index (Phi) is 4.24. The van der Waals surface area contributed by atoms with E-state index in [1.54, 1.807) is 12.3 Å². The molecule has 0 radical (unpaired) electrons. The fourth-order valence-corrected chi connectivity index (χ4v) is 2.71. The van der Waals surface area contributed by atoms with Gasteiger partial charge in [0.15, 0.2) is 0 Å². The quantitative estimate of drug-likeness (QED) is 0.772. The molecule has 23 heavy (non-hydrogen) atoms. The van der Waals surface area contributed by atoms with E-state index in [1.807, 2.05) is 18.2 Å². The number of anilines is 2. The second-order valence-electron chi connectivity index (χ2n) is 4.70. The van der Waals surface area contributed by atoms with E-state index in [9.17, 15) is 13.2 Å². The van der Waals surface area contributed by atoms with Gasteiger partial charge >= 0.3 is 6.18 Å². The summed E-state index contributed by atoms with van der Waals surface area (Å²) in [4.78, 5) is 4.20. The molecule has 0 aliphatic carbocycles. The summed E-state index contributed by atoms with van der Waals surface area (Å²) in [6, 6.07) is 10.5. The van der Waals surface area contributed by atoms with Gasteiger partial charge in [-0.25, -0.2) is 0 Å². The van der Waals surface area contributed by atoms with Crippen molar-refractivity contribution in [3.8, 4) is 0 Å². The molecule has 1 N–H and O–H groups in total. The van der Waals surface area contributed by atoms with Crippen molar-refractivity contribution in [3.05, 3.63) is 64.9 Å². The predicted octanol–water partition coefficient (Wildman–Crippen LogP) is 4.29. The van der Waals surface area contributed by atoms with E-state index in [4.69, 9.17) is 0 Å². The maximum atomic E-state index is 12.7. The number of nitrogens with zero attached hydrogens (tertiary/aromatic N) is 3. The van der Waals surface area contributed by atoms with Crippen LogP contribution in [0.15, 0.2) is 48.7 Å². The van der Waals surface area contributed by atoms with E-state index < -0.39 is 11.7 Å². The van der Waals surface area contributed by atoms with Crippen molar-refractivity contribution in [2.24, 2.45) is 0 Å². The molecule has 0 aliphatic rings. The molecule has 3 rings (SSSR count). The number of hydrogen-bond acceptors (Lipinski definition) is 5. The third kappa shape index (κ3) is 4.04. The summed E-state index contributed by atoms with van der Waals surface area (Å²) in [6.07, 6.45) is -2.15. The van der Waals surface area contributed by atoms with Crippen LogP contribution in [-0.2, 0) is 12.6 Å². The van der Waals surface area contributed by atoms with Gasteiger partial charge in [0, 0.05) is 24.0 Å². The highest BCUT2D eigenvalue weighted by Gasteiger charge is 2.30. The largest absolute Gasteiger partial charge is 0.416 e. The molecule has 0 amide bonds. The maximum absolute atomic E-state index is 12.7. The number of nitrogens with one attached hydrogen (secondary N) is 1. The number of rotatable bonds is 4. The highest BCUT2D eigenvalue weighted by atomic mass is 32.1. The van der Waals surface area contributed by atoms with Gasteiger partial charge in [-0.3, -0.25) is 4.98 Å². The van der Waals surface area contributed by atoms with Crippen LogP contribution in [0.1, 0.15) is 16.3 Å². The lowest BCUT2D eigenvalue weighted by molar-refractivity contribution is -0.137. The molecule has 2 heterocycles. The zero-order valence-electron chi connectivity index (χ0n) is 11.7. The first-order valence-corrected chi connectivity index (χ1v) is 7.49. The minimum absolute atomic E-state index is 0.320. The molecule has 0 atom stereocenters. The fourth-order valence-electron chi connectivity index (χ4n) is 1.93. The third-order valence-electron chi connectivity index (χ3n) is 2.97. The van der Waals surface area contributed by atoms with Gasteiger partial charge in [-0.1, -0.05) is 23.5 Å². The van der Waals surface area contributed by atoms with E-state index >= 15 is 0 Å². The van der Waals surface area contributed by atoms with Crippen LogP contribution in [0.3, 0.4) is 0 Å². The highest BCUT2D eigenvalue weighted by Crippen LogP contribution is 2.31. The van der Waals surface area contributed by atoms with Gasteiger partial charge < -0.3 is 5.32 Å². The lowest BCUT2D eigenvalue weighted by Crippen LogP contribution is -2.05. The number of pyridine rings is 1. The average molecular weight is 336 g/mol. The smallest absolute Gasteiger partial charge is 0.330 e. The molecule has 4 nitrogen and oxygen atoms in total. The molecule has 2 aromatic heterocycles. The normalized spacial score (nSPS) is 11.4. The van der Waals surface area contributed by atoms with Crippen LogP contribution < -0.4 is 5.32 Å². The summed E-state index contributed by atoms with van der Waals surface area (Å²) in [5.74, 6) is 0. The van der Waals surface area contributed by atoms with Gasteiger partial charge in [0.1, 0.15) is 5.01 Å². The molecule has 3 aromatic rings. The maximum Gasteiger partial charge on any atom is 0.416 e. The number of benzene rings is 1. The van der Waals surface area contributed by atoms with Gasteiger partial charge in [0.05, 0.1) is 5.56 Å². The molecule has 0 aliphatic heterocycles. The minimum atomic E-state index is -4.37. The van der Waals surface area contributed by atoms with E-state index in [2.05, 4.69) is 20.5 Å². The van der Waals surface area contributed by atoms with E-state index in [-0.39, 0.29) is 0 Å². The van der Waals surface area contributed by atoms with Gasteiger partial charge in [-0.15, -0.1) is 10.2 Å². The number of alkyl halides is 3. The lowest BCUT2D eigenvalue weighted by atomic mass is 10.2. The lowest BCUT2D eigenvalue weighted by Gasteiger charge is -2.08. The zero-order valence-corrected chi connectivity index (χ0v) is 12.5. The second-order valence-corrected chi connectivity index (χ2v) is 5.76. The van der Waals surface area contributed by atoms with Crippen LogP contribution in [-0.4, -0.2) is 15.2 Å². The monoisotopic (exact) mass is 336 g/mol. The van der Waals surface area contributed by atoms with Crippen LogP contribution >= 0.6 is 11.3 Å². The van der Waals surface area contributed by atoms with Crippen molar-refractivity contribution < 1.29 is 13.2 Å². The Bertz CT molecular complexity index is 787. The summed E-state index contributed by atoms with van der Waals surface area (Å²) < 4.78 is 38.1. The van der Waals surface area contributed by atoms with E-state index in [1.165, 1.54) is 17.4 Å². The molecule has 0 spiro atoms.